The first-order chi connectivity index (χ1) is 7.52. The Morgan fingerprint density at radius 1 is 1.25 bits per heavy atom. The van der Waals surface area contributed by atoms with Crippen molar-refractivity contribution < 1.29 is 18.0 Å². The lowest BCUT2D eigenvalue weighted by atomic mass is 9.94. The Balaban J connectivity index is 2.33. The van der Waals surface area contributed by atoms with E-state index in [1.807, 2.05) is 0 Å². The molecule has 0 aromatic heterocycles. The minimum Gasteiger partial charge on any atom is -0.294 e. The van der Waals surface area contributed by atoms with Gasteiger partial charge in [-0.3, -0.25) is 4.79 Å². The van der Waals surface area contributed by atoms with Crippen molar-refractivity contribution in [2.24, 2.45) is 11.8 Å². The number of halogens is 3. The van der Waals surface area contributed by atoms with E-state index < -0.39 is 23.2 Å². The van der Waals surface area contributed by atoms with E-state index in [1.54, 1.807) is 6.92 Å². The second kappa shape index (κ2) is 3.92. The summed E-state index contributed by atoms with van der Waals surface area (Å²) in [6, 6.07) is 1.79. The molecule has 0 spiro atoms. The van der Waals surface area contributed by atoms with E-state index in [-0.39, 0.29) is 17.4 Å². The second-order valence-corrected chi connectivity index (χ2v) is 4.21. The van der Waals surface area contributed by atoms with Gasteiger partial charge in [-0.1, -0.05) is 6.92 Å². The van der Waals surface area contributed by atoms with E-state index in [4.69, 9.17) is 0 Å². The third kappa shape index (κ3) is 1.84. The number of rotatable bonds is 3. The van der Waals surface area contributed by atoms with Crippen molar-refractivity contribution in [2.75, 3.05) is 0 Å². The Bertz CT molecular complexity index is 438. The number of ketones is 1. The van der Waals surface area contributed by atoms with Gasteiger partial charge in [0.05, 0.1) is 5.56 Å². The molecule has 1 unspecified atom stereocenters. The van der Waals surface area contributed by atoms with Gasteiger partial charge in [0, 0.05) is 5.92 Å². The minimum absolute atomic E-state index is 0.264. The van der Waals surface area contributed by atoms with Crippen LogP contribution in [0.15, 0.2) is 12.1 Å². The second-order valence-electron chi connectivity index (χ2n) is 4.21. The van der Waals surface area contributed by atoms with Gasteiger partial charge in [0.1, 0.15) is 0 Å². The summed E-state index contributed by atoms with van der Waals surface area (Å²) in [6.07, 6.45) is 1.89. The fraction of sp³-hybridized carbons (Fsp3) is 0.417. The number of carbonyl (C=O) groups is 1. The molecule has 2 rings (SSSR count). The smallest absolute Gasteiger partial charge is 0.195 e. The highest BCUT2D eigenvalue weighted by molar-refractivity contribution is 5.98. The Morgan fingerprint density at radius 3 is 2.44 bits per heavy atom. The maximum atomic E-state index is 13.3. The molecular weight excluding hydrogens is 217 g/mol. The molecule has 4 heteroatoms. The van der Waals surface area contributed by atoms with E-state index in [0.29, 0.717) is 0 Å². The quantitative estimate of drug-likeness (QED) is 0.572. The molecule has 1 nitrogen and oxygen atoms in total. The molecule has 0 radical (unpaired) electrons. The largest absolute Gasteiger partial charge is 0.294 e. The van der Waals surface area contributed by atoms with Crippen LogP contribution in [0.2, 0.25) is 0 Å². The minimum atomic E-state index is -1.58. The van der Waals surface area contributed by atoms with E-state index in [1.165, 1.54) is 0 Å². The van der Waals surface area contributed by atoms with E-state index >= 15 is 0 Å². The van der Waals surface area contributed by atoms with Gasteiger partial charge in [0.2, 0.25) is 0 Å². The summed E-state index contributed by atoms with van der Waals surface area (Å²) in [5, 5.41) is 0. The standard InChI is InChI=1S/C12H11F3O/c1-6(7-2-3-7)12(16)8-4-5-9(13)11(15)10(8)14/h4-7H,2-3H2,1H3. The maximum absolute atomic E-state index is 13.3. The van der Waals surface area contributed by atoms with Crippen LogP contribution in [0.4, 0.5) is 13.2 Å². The third-order valence-corrected chi connectivity index (χ3v) is 3.04. The van der Waals surface area contributed by atoms with Gasteiger partial charge in [0.25, 0.3) is 0 Å². The molecule has 0 bridgehead atoms. The first-order valence-electron chi connectivity index (χ1n) is 5.20. The number of hydrogen-bond donors (Lipinski definition) is 0. The molecule has 0 heterocycles. The zero-order chi connectivity index (χ0) is 11.9. The first-order valence-corrected chi connectivity index (χ1v) is 5.20. The van der Waals surface area contributed by atoms with Crippen LogP contribution >= 0.6 is 0 Å². The fourth-order valence-corrected chi connectivity index (χ4v) is 1.77. The van der Waals surface area contributed by atoms with Gasteiger partial charge < -0.3 is 0 Å². The van der Waals surface area contributed by atoms with Crippen molar-refractivity contribution in [1.82, 2.24) is 0 Å². The van der Waals surface area contributed by atoms with Gasteiger partial charge in [-0.25, -0.2) is 13.2 Å². The van der Waals surface area contributed by atoms with Gasteiger partial charge in [-0.15, -0.1) is 0 Å². The molecule has 1 aromatic carbocycles. The summed E-state index contributed by atoms with van der Waals surface area (Å²) in [6.45, 7) is 1.70. The summed E-state index contributed by atoms with van der Waals surface area (Å²) in [4.78, 5) is 11.8. The topological polar surface area (TPSA) is 17.1 Å². The molecule has 0 aliphatic heterocycles. The molecule has 1 aliphatic rings. The summed E-state index contributed by atoms with van der Waals surface area (Å²) in [5.41, 5.74) is -0.349. The summed E-state index contributed by atoms with van der Waals surface area (Å²) in [5.74, 6) is -4.72. The predicted molar refractivity (Wildman–Crippen MR) is 52.5 cm³/mol. The zero-order valence-electron chi connectivity index (χ0n) is 8.77. The first kappa shape index (κ1) is 11.2. The third-order valence-electron chi connectivity index (χ3n) is 3.04. The maximum Gasteiger partial charge on any atom is 0.195 e. The molecule has 86 valence electrons. The van der Waals surface area contributed by atoms with E-state index in [0.717, 1.165) is 25.0 Å². The average molecular weight is 228 g/mol. The lowest BCUT2D eigenvalue weighted by Gasteiger charge is -2.09. The van der Waals surface area contributed by atoms with Crippen LogP contribution in [-0.4, -0.2) is 5.78 Å². The molecule has 1 saturated carbocycles. The molecule has 0 saturated heterocycles. The molecule has 1 atom stereocenters. The number of carbonyl (C=O) groups excluding carboxylic acids is 1. The number of Topliss-reactive ketones (excluding diaryl/α,β-unsaturated/α-hetero) is 1. The SMILES string of the molecule is CC(C(=O)c1ccc(F)c(F)c1F)C1CC1. The Morgan fingerprint density at radius 2 is 1.88 bits per heavy atom. The van der Waals surface area contributed by atoms with E-state index in [2.05, 4.69) is 0 Å². The van der Waals surface area contributed by atoms with Crippen molar-refractivity contribution in [3.05, 3.63) is 35.1 Å². The van der Waals surface area contributed by atoms with Crippen LogP contribution < -0.4 is 0 Å². The van der Waals surface area contributed by atoms with Gasteiger partial charge in [0.15, 0.2) is 23.2 Å². The van der Waals surface area contributed by atoms with Gasteiger partial charge in [-0.2, -0.15) is 0 Å². The highest BCUT2D eigenvalue weighted by atomic mass is 19.2. The van der Waals surface area contributed by atoms with Crippen molar-refractivity contribution in [3.8, 4) is 0 Å². The van der Waals surface area contributed by atoms with Crippen molar-refractivity contribution >= 4 is 5.78 Å². The van der Waals surface area contributed by atoms with Crippen LogP contribution in [0, 0.1) is 29.3 Å². The summed E-state index contributed by atoms with van der Waals surface area (Å²) >= 11 is 0. The van der Waals surface area contributed by atoms with E-state index in [9.17, 15) is 18.0 Å². The molecule has 16 heavy (non-hydrogen) atoms. The average Bonchev–Trinajstić information content (AvgIpc) is 3.08. The van der Waals surface area contributed by atoms with Crippen molar-refractivity contribution in [2.45, 2.75) is 19.8 Å². The van der Waals surface area contributed by atoms with Gasteiger partial charge >= 0.3 is 0 Å². The molecular formula is C12H11F3O. The normalized spacial score (nSPS) is 17.2. The van der Waals surface area contributed by atoms with Crippen LogP contribution in [0.1, 0.15) is 30.1 Å². The monoisotopic (exact) mass is 228 g/mol. The van der Waals surface area contributed by atoms with Crippen molar-refractivity contribution in [1.29, 1.82) is 0 Å². The fourth-order valence-electron chi connectivity index (χ4n) is 1.77. The highest BCUT2D eigenvalue weighted by Gasteiger charge is 2.34. The predicted octanol–water partition coefficient (Wildman–Crippen LogP) is 3.33. The molecule has 1 aliphatic carbocycles. The Hall–Kier alpha value is -1.32. The van der Waals surface area contributed by atoms with Crippen LogP contribution in [-0.2, 0) is 0 Å². The van der Waals surface area contributed by atoms with Crippen molar-refractivity contribution in [3.63, 3.8) is 0 Å². The number of benzene rings is 1. The van der Waals surface area contributed by atoms with Crippen LogP contribution in [0.25, 0.3) is 0 Å². The van der Waals surface area contributed by atoms with Crippen LogP contribution in [0.3, 0.4) is 0 Å². The molecule has 0 N–H and O–H groups in total. The number of hydrogen-bond acceptors (Lipinski definition) is 1. The van der Waals surface area contributed by atoms with Crippen LogP contribution in [0.5, 0.6) is 0 Å². The lowest BCUT2D eigenvalue weighted by molar-refractivity contribution is 0.0910. The molecule has 1 fully saturated rings. The Labute approximate surface area is 91.3 Å². The molecule has 0 amide bonds. The van der Waals surface area contributed by atoms with Gasteiger partial charge in [-0.05, 0) is 30.9 Å². The Kier molecular flexibility index (Phi) is 2.74. The lowest BCUT2D eigenvalue weighted by Crippen LogP contribution is -2.16. The summed E-state index contributed by atoms with van der Waals surface area (Å²) < 4.78 is 38.9. The summed E-state index contributed by atoms with van der Waals surface area (Å²) in [7, 11) is 0. The zero-order valence-corrected chi connectivity index (χ0v) is 8.77. The molecule has 1 aromatic rings. The highest BCUT2D eigenvalue weighted by Crippen LogP contribution is 2.38.